The topological polar surface area (TPSA) is 39.4 Å². The van der Waals surface area contributed by atoms with Crippen molar-refractivity contribution >= 4 is 130 Å². The average molecular weight is 1790 g/mol. The van der Waals surface area contributed by atoms with Gasteiger partial charge in [0.2, 0.25) is 0 Å². The SMILES string of the molecule is c1ccc(-c2ccc(-c3ccc4oc5ccc(-c6c7ccccc7c(-c7ccccc7)c7ccccc67)cc5c4c3)cc2)cc1.c1ccc(-c2cccc(-c3cccc4oc5ccc(-c6c7ccccc7c(-c7ccccc7)c7ccccc67)cc5c34)c2-c2ccccc2)cc1.c1ccc(-c2ccccc2-c2ccc3c(c2)oc2ccc(-c4c5ccccc5c(-c5ccccc5)c5ccccc45)cc23)cc1. The van der Waals surface area contributed by atoms with Gasteiger partial charge in [0.15, 0.2) is 0 Å². The van der Waals surface area contributed by atoms with Crippen molar-refractivity contribution in [1.82, 2.24) is 0 Å². The van der Waals surface area contributed by atoms with Crippen molar-refractivity contribution in [3.63, 3.8) is 0 Å². The standard InChI is InChI=1S/C50H32O.2C44H28O/c1-4-16-33(17-5-1)37-26-14-27-42(47(37)34-18-6-2-7-19-34)43-28-15-29-46-50(43)44-32-36(30-31-45(44)51-46)49-40-24-12-10-22-38(40)48(35-20-8-3-9-21-35)39-23-11-13-25-41(39)49;1-3-11-29(12-4-1)30-19-21-31(22-20-30)33-23-25-41-39(27-33)40-28-34(24-26-42(40)45-41)44-37-17-9-7-15-35(37)43(32-13-5-2-6-14-32)36-16-8-10-18-38(36)44;1-3-13-29(14-4-1)33-17-7-8-18-34(33)31-23-25-35-40-27-32(24-26-41(40)45-42(35)28-31)44-38-21-11-9-19-36(38)43(30-15-5-2-6-16-30)37-20-10-12-22-39(37)44/h1-32H;2*1-28H. The third kappa shape index (κ3) is 14.9. The van der Waals surface area contributed by atoms with Gasteiger partial charge in [-0.1, -0.05) is 467 Å². The molecule has 0 bridgehead atoms. The van der Waals surface area contributed by atoms with Crippen LogP contribution >= 0.6 is 0 Å². The van der Waals surface area contributed by atoms with Gasteiger partial charge in [-0.05, 0) is 276 Å². The number of furan rings is 3. The number of hydrogen-bond donors (Lipinski definition) is 0. The van der Waals surface area contributed by atoms with E-state index in [1.165, 1.54) is 198 Å². The van der Waals surface area contributed by atoms with E-state index in [4.69, 9.17) is 13.3 Å². The Hall–Kier alpha value is -18.5. The molecule has 658 valence electrons. The zero-order valence-electron chi connectivity index (χ0n) is 77.0. The van der Waals surface area contributed by atoms with Crippen LogP contribution in [0.15, 0.2) is 547 Å². The summed E-state index contributed by atoms with van der Waals surface area (Å²) in [7, 11) is 0. The van der Waals surface area contributed by atoms with Crippen molar-refractivity contribution in [3.8, 4) is 145 Å². The normalized spacial score (nSPS) is 11.5. The Morgan fingerprint density at radius 3 is 0.723 bits per heavy atom. The van der Waals surface area contributed by atoms with Crippen LogP contribution in [0.5, 0.6) is 0 Å². The van der Waals surface area contributed by atoms with Gasteiger partial charge < -0.3 is 13.3 Å². The van der Waals surface area contributed by atoms with Crippen LogP contribution in [0.2, 0.25) is 0 Å². The van der Waals surface area contributed by atoms with Crippen molar-refractivity contribution < 1.29 is 13.3 Å². The van der Waals surface area contributed by atoms with E-state index in [-0.39, 0.29) is 0 Å². The molecule has 0 fully saturated rings. The Morgan fingerprint density at radius 2 is 0.326 bits per heavy atom. The lowest BCUT2D eigenvalue weighted by Gasteiger charge is -2.18. The summed E-state index contributed by atoms with van der Waals surface area (Å²) in [5.41, 5.74) is 37.0. The van der Waals surface area contributed by atoms with Crippen LogP contribution in [0.1, 0.15) is 0 Å². The Morgan fingerprint density at radius 1 is 0.0922 bits per heavy atom. The molecular weight excluding hydrogens is 1710 g/mol. The van der Waals surface area contributed by atoms with E-state index in [1.54, 1.807) is 0 Å². The van der Waals surface area contributed by atoms with Crippen molar-refractivity contribution in [1.29, 1.82) is 0 Å². The van der Waals surface area contributed by atoms with Crippen LogP contribution in [0.25, 0.3) is 275 Å². The second-order valence-corrected chi connectivity index (χ2v) is 36.5. The molecule has 0 unspecified atom stereocenters. The first-order valence-corrected chi connectivity index (χ1v) is 48.4. The third-order valence-corrected chi connectivity index (χ3v) is 28.4. The molecule has 28 rings (SSSR count). The fraction of sp³-hybridized carbons (Fsp3) is 0. The van der Waals surface area contributed by atoms with Crippen LogP contribution < -0.4 is 0 Å². The Kier molecular flexibility index (Phi) is 21.0. The Bertz CT molecular complexity index is 9510. The average Bonchev–Trinajstić information content (AvgIpc) is 1.72. The predicted molar refractivity (Wildman–Crippen MR) is 597 cm³/mol. The molecule has 0 N–H and O–H groups in total. The molecule has 3 nitrogen and oxygen atoms in total. The highest BCUT2D eigenvalue weighted by atomic mass is 16.3. The first-order chi connectivity index (χ1) is 70.0. The maximum Gasteiger partial charge on any atom is 0.136 e. The van der Waals surface area contributed by atoms with E-state index in [0.717, 1.165) is 76.9 Å². The molecule has 0 spiro atoms. The van der Waals surface area contributed by atoms with E-state index in [0.29, 0.717) is 0 Å². The minimum atomic E-state index is 0.885. The van der Waals surface area contributed by atoms with Gasteiger partial charge in [0, 0.05) is 32.3 Å². The monoisotopic (exact) mass is 1790 g/mol. The summed E-state index contributed by atoms with van der Waals surface area (Å²) < 4.78 is 19.5. The molecule has 0 aliphatic heterocycles. The summed E-state index contributed by atoms with van der Waals surface area (Å²) in [5.74, 6) is 0. The van der Waals surface area contributed by atoms with Crippen molar-refractivity contribution in [2.75, 3.05) is 0 Å². The zero-order chi connectivity index (χ0) is 93.2. The van der Waals surface area contributed by atoms with Crippen LogP contribution in [0, 0.1) is 0 Å². The quantitative estimate of drug-likeness (QED) is 0.108. The van der Waals surface area contributed by atoms with Crippen molar-refractivity contribution in [2.45, 2.75) is 0 Å². The first-order valence-electron chi connectivity index (χ1n) is 48.4. The molecule has 0 aliphatic carbocycles. The molecule has 0 aliphatic rings. The lowest BCUT2D eigenvalue weighted by molar-refractivity contribution is 0.668. The van der Waals surface area contributed by atoms with E-state index in [9.17, 15) is 0 Å². The molecule has 0 saturated carbocycles. The van der Waals surface area contributed by atoms with Gasteiger partial charge >= 0.3 is 0 Å². The summed E-state index contributed by atoms with van der Waals surface area (Å²) in [4.78, 5) is 0. The first kappa shape index (κ1) is 83.1. The molecule has 3 heteroatoms. The lowest BCUT2D eigenvalue weighted by atomic mass is 9.85. The number of fused-ring (bicyclic) bond motifs is 15. The van der Waals surface area contributed by atoms with Gasteiger partial charge in [-0.3, -0.25) is 0 Å². The lowest BCUT2D eigenvalue weighted by Crippen LogP contribution is -1.91. The molecule has 0 radical (unpaired) electrons. The molecular formula is C138H88O3. The second-order valence-electron chi connectivity index (χ2n) is 36.5. The van der Waals surface area contributed by atoms with Gasteiger partial charge in [0.25, 0.3) is 0 Å². The van der Waals surface area contributed by atoms with E-state index < -0.39 is 0 Å². The van der Waals surface area contributed by atoms with Crippen molar-refractivity contribution in [2.24, 2.45) is 0 Å². The highest BCUT2D eigenvalue weighted by Crippen LogP contribution is 2.52. The van der Waals surface area contributed by atoms with E-state index in [1.807, 2.05) is 0 Å². The largest absolute Gasteiger partial charge is 0.456 e. The maximum absolute atomic E-state index is 6.62. The summed E-state index contributed by atoms with van der Waals surface area (Å²) in [6, 6.07) is 192. The third-order valence-electron chi connectivity index (χ3n) is 28.4. The minimum absolute atomic E-state index is 0.885. The number of benzene rings is 25. The molecule has 3 aromatic heterocycles. The molecule has 25 aromatic carbocycles. The summed E-state index contributed by atoms with van der Waals surface area (Å²) >= 11 is 0. The van der Waals surface area contributed by atoms with Gasteiger partial charge in [0.05, 0.1) is 0 Å². The molecule has 0 amide bonds. The summed E-state index contributed by atoms with van der Waals surface area (Å²) in [6.07, 6.45) is 0. The van der Waals surface area contributed by atoms with Gasteiger partial charge in [-0.2, -0.15) is 0 Å². The molecule has 28 aromatic rings. The highest BCUT2D eigenvalue weighted by molar-refractivity contribution is 6.27. The summed E-state index contributed by atoms with van der Waals surface area (Å²) in [6.45, 7) is 0. The number of hydrogen-bond acceptors (Lipinski definition) is 3. The van der Waals surface area contributed by atoms with Gasteiger partial charge in [-0.15, -0.1) is 0 Å². The smallest absolute Gasteiger partial charge is 0.136 e. The van der Waals surface area contributed by atoms with Crippen molar-refractivity contribution in [3.05, 3.63) is 534 Å². The van der Waals surface area contributed by atoms with Crippen LogP contribution in [0.3, 0.4) is 0 Å². The minimum Gasteiger partial charge on any atom is -0.456 e. The number of rotatable bonds is 13. The van der Waals surface area contributed by atoms with E-state index in [2.05, 4.69) is 534 Å². The Labute approximate surface area is 816 Å². The molecule has 3 heterocycles. The summed E-state index contributed by atoms with van der Waals surface area (Å²) in [5, 5.41) is 21.8. The van der Waals surface area contributed by atoms with Crippen LogP contribution in [0.4, 0.5) is 0 Å². The predicted octanol–water partition coefficient (Wildman–Crippen LogP) is 39.3. The maximum atomic E-state index is 6.62. The van der Waals surface area contributed by atoms with Crippen LogP contribution in [-0.2, 0) is 0 Å². The zero-order valence-corrected chi connectivity index (χ0v) is 77.0. The fourth-order valence-corrected chi connectivity index (χ4v) is 22.1. The fourth-order valence-electron chi connectivity index (χ4n) is 22.1. The molecule has 141 heavy (non-hydrogen) atoms. The van der Waals surface area contributed by atoms with Crippen LogP contribution in [-0.4, -0.2) is 0 Å². The Balaban J connectivity index is 0.000000109. The highest BCUT2D eigenvalue weighted by Gasteiger charge is 2.26. The second kappa shape index (κ2) is 35.6. The van der Waals surface area contributed by atoms with Gasteiger partial charge in [0.1, 0.15) is 33.5 Å². The molecule has 0 saturated heterocycles. The van der Waals surface area contributed by atoms with E-state index >= 15 is 0 Å². The molecule has 0 atom stereocenters. The van der Waals surface area contributed by atoms with Gasteiger partial charge in [-0.25, -0.2) is 0 Å².